The summed E-state index contributed by atoms with van der Waals surface area (Å²) in [6.07, 6.45) is 1.38. The molecule has 2 amide bonds. The van der Waals surface area contributed by atoms with Crippen LogP contribution in [0.1, 0.15) is 12.8 Å². The average molecular weight is 238 g/mol. The fraction of sp³-hybridized carbons (Fsp3) is 0.857. The summed E-state index contributed by atoms with van der Waals surface area (Å²) in [5, 5.41) is 2.44. The molecule has 0 spiro atoms. The van der Waals surface area contributed by atoms with E-state index in [2.05, 4.69) is 5.32 Å². The second-order valence-electron chi connectivity index (χ2n) is 2.78. The van der Waals surface area contributed by atoms with E-state index in [-0.39, 0.29) is 0 Å². The van der Waals surface area contributed by atoms with Crippen molar-refractivity contribution < 1.29 is 22.9 Å². The Morgan fingerprint density at radius 1 is 1.40 bits per heavy atom. The molecule has 0 aromatic rings. The molecule has 0 atom stereocenters. The summed E-state index contributed by atoms with van der Waals surface area (Å²) in [4.78, 5) is 19.7. The van der Waals surface area contributed by atoms with Crippen molar-refractivity contribution in [1.29, 1.82) is 0 Å². The number of unbranched alkanes of at least 4 members (excludes halogenated alkanes) is 1. The lowest BCUT2D eigenvalue weighted by Gasteiger charge is -2.18. The molecule has 8 heteroatoms. The summed E-state index contributed by atoms with van der Waals surface area (Å²) in [6, 6.07) is -0.546. The maximum atomic E-state index is 10.3. The normalized spacial score (nSPS) is 11.4. The van der Waals surface area contributed by atoms with Crippen LogP contribution in [0.4, 0.5) is 4.79 Å². The fourth-order valence-corrected chi connectivity index (χ4v) is 1.65. The van der Waals surface area contributed by atoms with Crippen molar-refractivity contribution in [1.82, 2.24) is 5.32 Å². The summed E-state index contributed by atoms with van der Waals surface area (Å²) in [7, 11) is -0.744. The Kier molecular flexibility index (Phi) is 7.26. The number of carbonyl (C=O) groups is 1. The first kappa shape index (κ1) is 14.3. The number of hydrogen-bond acceptors (Lipinski definition) is 5. The smallest absolute Gasteiger partial charge is 0.367 e. The molecule has 0 fully saturated rings. The Hall–Kier alpha value is -0.673. The number of carbonyl (C=O) groups excluding carboxylic acids is 1. The van der Waals surface area contributed by atoms with E-state index < -0.39 is 15.1 Å². The zero-order valence-electron chi connectivity index (χ0n) is 8.99. The van der Waals surface area contributed by atoms with Gasteiger partial charge in [0.2, 0.25) is 0 Å². The zero-order valence-corrected chi connectivity index (χ0v) is 9.99. The predicted octanol–water partition coefficient (Wildman–Crippen LogP) is -0.828. The van der Waals surface area contributed by atoms with Gasteiger partial charge >= 0.3 is 15.1 Å². The molecular formula is C7H18N2O5Si. The van der Waals surface area contributed by atoms with Crippen LogP contribution in [0.25, 0.3) is 0 Å². The van der Waals surface area contributed by atoms with Gasteiger partial charge in [0.1, 0.15) is 0 Å². The molecule has 0 aromatic carbocycles. The minimum absolute atomic E-state index is 0.310. The van der Waals surface area contributed by atoms with Crippen LogP contribution in [-0.2, 0) is 13.3 Å². The summed E-state index contributed by atoms with van der Waals surface area (Å²) < 4.78 is 14.4. The lowest BCUT2D eigenvalue weighted by molar-refractivity contribution is 0.0223. The molecule has 0 aliphatic carbocycles. The van der Waals surface area contributed by atoms with E-state index in [1.165, 1.54) is 14.2 Å². The highest BCUT2D eigenvalue weighted by Crippen LogP contribution is 2.03. The van der Waals surface area contributed by atoms with Crippen LogP contribution < -0.4 is 11.1 Å². The van der Waals surface area contributed by atoms with Gasteiger partial charge in [0.05, 0.1) is 0 Å². The van der Waals surface area contributed by atoms with Gasteiger partial charge in [-0.05, 0) is 12.8 Å². The Balaban J connectivity index is 3.41. The largest absolute Gasteiger partial charge is 0.676 e. The molecule has 0 aliphatic heterocycles. The Morgan fingerprint density at radius 3 is 2.47 bits per heavy atom. The number of amides is 2. The third-order valence-electron chi connectivity index (χ3n) is 1.67. The first-order valence-electron chi connectivity index (χ1n) is 4.54. The first-order chi connectivity index (χ1) is 7.04. The third-order valence-corrected chi connectivity index (χ3v) is 3.27. The van der Waals surface area contributed by atoms with E-state index in [0.717, 1.165) is 0 Å². The van der Waals surface area contributed by atoms with Crippen molar-refractivity contribution in [3.63, 3.8) is 0 Å². The Labute approximate surface area is 90.0 Å². The van der Waals surface area contributed by atoms with E-state index in [1.54, 1.807) is 0 Å². The molecule has 0 aliphatic rings. The number of rotatable bonds is 8. The van der Waals surface area contributed by atoms with Gasteiger partial charge in [-0.2, -0.15) is 0 Å². The molecule has 0 aromatic heterocycles. The molecule has 90 valence electrons. The highest BCUT2D eigenvalue weighted by molar-refractivity contribution is 6.51. The van der Waals surface area contributed by atoms with Gasteiger partial charge in [0.15, 0.2) is 0 Å². The van der Waals surface area contributed by atoms with E-state index in [4.69, 9.17) is 19.0 Å². The van der Waals surface area contributed by atoms with Gasteiger partial charge in [-0.25, -0.2) is 4.79 Å². The molecule has 7 nitrogen and oxygen atoms in total. The van der Waals surface area contributed by atoms with Crippen LogP contribution in [0.15, 0.2) is 0 Å². The van der Waals surface area contributed by atoms with E-state index in [9.17, 15) is 9.59 Å². The quantitative estimate of drug-likeness (QED) is 0.378. The zero-order chi connectivity index (χ0) is 11.7. The number of nitrogens with one attached hydrogen (secondary N) is 1. The SMILES string of the molecule is CO[Si](O)(OC)OCCCCNC(N)=O. The van der Waals surface area contributed by atoms with Crippen molar-refractivity contribution in [2.24, 2.45) is 5.73 Å². The summed E-state index contributed by atoms with van der Waals surface area (Å²) >= 11 is 0. The Morgan fingerprint density at radius 2 is 2.00 bits per heavy atom. The van der Waals surface area contributed by atoms with E-state index in [1.807, 2.05) is 0 Å². The molecule has 4 N–H and O–H groups in total. The molecule has 0 unspecified atom stereocenters. The monoisotopic (exact) mass is 238 g/mol. The van der Waals surface area contributed by atoms with Gasteiger partial charge in [0, 0.05) is 27.4 Å². The van der Waals surface area contributed by atoms with Crippen LogP contribution in [0.5, 0.6) is 0 Å². The molecule has 0 saturated carbocycles. The lowest BCUT2D eigenvalue weighted by Crippen LogP contribution is -2.44. The van der Waals surface area contributed by atoms with Crippen LogP contribution >= 0.6 is 0 Å². The fourth-order valence-electron chi connectivity index (χ4n) is 0.841. The van der Waals surface area contributed by atoms with Gasteiger partial charge in [-0.1, -0.05) is 0 Å². The standard InChI is InChI=1S/C7H18N2O5Si/c1-12-15(11,13-2)14-6-4-3-5-9-7(8)10/h11H,3-6H2,1-2H3,(H3,8,9,10). The van der Waals surface area contributed by atoms with Crippen molar-refractivity contribution in [3.05, 3.63) is 0 Å². The lowest BCUT2D eigenvalue weighted by atomic mass is 10.3. The third kappa shape index (κ3) is 7.28. The molecule has 15 heavy (non-hydrogen) atoms. The molecule has 0 heterocycles. The van der Waals surface area contributed by atoms with Crippen molar-refractivity contribution in [3.8, 4) is 0 Å². The number of nitrogens with two attached hydrogens (primary N) is 1. The highest BCUT2D eigenvalue weighted by atomic mass is 28.4. The van der Waals surface area contributed by atoms with E-state index >= 15 is 0 Å². The minimum Gasteiger partial charge on any atom is -0.367 e. The first-order valence-corrected chi connectivity index (χ1v) is 6.21. The van der Waals surface area contributed by atoms with Gasteiger partial charge in [0.25, 0.3) is 0 Å². The van der Waals surface area contributed by atoms with Crippen molar-refractivity contribution >= 4 is 15.1 Å². The van der Waals surface area contributed by atoms with Crippen LogP contribution in [0.3, 0.4) is 0 Å². The number of primary amides is 1. The van der Waals surface area contributed by atoms with E-state index in [0.29, 0.717) is 26.0 Å². The second kappa shape index (κ2) is 7.60. The topological polar surface area (TPSA) is 103 Å². The molecule has 0 radical (unpaired) electrons. The summed E-state index contributed by atoms with van der Waals surface area (Å²) in [5.74, 6) is 0. The maximum Gasteiger partial charge on any atom is 0.676 e. The molecular weight excluding hydrogens is 220 g/mol. The molecule has 0 rings (SSSR count). The van der Waals surface area contributed by atoms with Crippen LogP contribution in [-0.4, -0.2) is 47.2 Å². The maximum absolute atomic E-state index is 10.3. The second-order valence-corrected chi connectivity index (χ2v) is 4.93. The molecule has 0 bridgehead atoms. The van der Waals surface area contributed by atoms with Gasteiger partial charge in [-0.3, -0.25) is 0 Å². The highest BCUT2D eigenvalue weighted by Gasteiger charge is 2.38. The minimum atomic E-state index is -3.39. The van der Waals surface area contributed by atoms with Gasteiger partial charge < -0.3 is 29.1 Å². The summed E-state index contributed by atoms with van der Waals surface area (Å²) in [6.45, 7) is 0.795. The van der Waals surface area contributed by atoms with Gasteiger partial charge in [-0.15, -0.1) is 0 Å². The molecule has 0 saturated heterocycles. The number of hydrogen-bond donors (Lipinski definition) is 3. The predicted molar refractivity (Wildman–Crippen MR) is 54.8 cm³/mol. The van der Waals surface area contributed by atoms with Crippen molar-refractivity contribution in [2.75, 3.05) is 27.4 Å². The number of urea groups is 1. The Bertz CT molecular complexity index is 188. The summed E-state index contributed by atoms with van der Waals surface area (Å²) in [5.41, 5.74) is 4.87. The van der Waals surface area contributed by atoms with Crippen LogP contribution in [0.2, 0.25) is 0 Å². The average Bonchev–Trinajstić information content (AvgIpc) is 2.22. The van der Waals surface area contributed by atoms with Crippen LogP contribution in [0, 0.1) is 0 Å². The van der Waals surface area contributed by atoms with Crippen molar-refractivity contribution in [2.45, 2.75) is 12.8 Å².